The van der Waals surface area contributed by atoms with E-state index in [1.54, 1.807) is 12.1 Å². The van der Waals surface area contributed by atoms with Gasteiger partial charge in [-0.2, -0.15) is 0 Å². The molecular formula is C16H22N6O2. The van der Waals surface area contributed by atoms with Gasteiger partial charge in [0.1, 0.15) is 12.1 Å². The van der Waals surface area contributed by atoms with E-state index in [0.717, 1.165) is 19.5 Å². The molecule has 1 fully saturated rings. The van der Waals surface area contributed by atoms with Crippen LogP contribution in [0.4, 0.5) is 0 Å². The summed E-state index contributed by atoms with van der Waals surface area (Å²) < 4.78 is 1.44. The van der Waals surface area contributed by atoms with Gasteiger partial charge < -0.3 is 15.3 Å². The zero-order chi connectivity index (χ0) is 16.9. The molecule has 0 aliphatic carbocycles. The molecule has 0 bridgehead atoms. The van der Waals surface area contributed by atoms with Crippen LogP contribution in [0.25, 0.3) is 5.69 Å². The van der Waals surface area contributed by atoms with Crippen LogP contribution in [0.15, 0.2) is 24.5 Å². The number of nitrogens with one attached hydrogen (secondary N) is 1. The van der Waals surface area contributed by atoms with Gasteiger partial charge in [0, 0.05) is 13.1 Å². The summed E-state index contributed by atoms with van der Waals surface area (Å²) in [5.41, 5.74) is 0.848. The first-order valence-corrected chi connectivity index (χ1v) is 8.16. The third-order valence-electron chi connectivity index (χ3n) is 4.40. The Morgan fingerprint density at radius 2 is 2.33 bits per heavy atom. The lowest BCUT2D eigenvalue weighted by molar-refractivity contribution is 0.0945. The van der Waals surface area contributed by atoms with Crippen molar-refractivity contribution in [2.45, 2.75) is 19.3 Å². The molecule has 2 aromatic rings. The minimum absolute atomic E-state index is 0.0540. The summed E-state index contributed by atoms with van der Waals surface area (Å²) in [6.45, 7) is 2.84. The molecule has 1 aliphatic heterocycles. The summed E-state index contributed by atoms with van der Waals surface area (Å²) in [6, 6.07) is 4.71. The van der Waals surface area contributed by atoms with Crippen LogP contribution in [0, 0.1) is 5.92 Å². The Morgan fingerprint density at radius 1 is 1.46 bits per heavy atom. The lowest BCUT2D eigenvalue weighted by Crippen LogP contribution is -2.34. The standard InChI is InChI=1S/C16H22N6O2/c1-21-8-2-3-12(10-21)6-7-17-16(24)14-9-13(4-5-15(14)23)22-11-18-19-20-22/h4-5,9,11-12,23H,2-3,6-8,10H2,1H3,(H,17,24)/t12-/m0/s1. The molecule has 128 valence electrons. The number of aromatic hydroxyl groups is 1. The third kappa shape index (κ3) is 3.88. The highest BCUT2D eigenvalue weighted by molar-refractivity contribution is 5.97. The molecule has 0 unspecified atom stereocenters. The maximum Gasteiger partial charge on any atom is 0.255 e. The van der Waals surface area contributed by atoms with Crippen LogP contribution in [0.5, 0.6) is 5.75 Å². The van der Waals surface area contributed by atoms with Gasteiger partial charge in [0.05, 0.1) is 11.3 Å². The van der Waals surface area contributed by atoms with E-state index in [1.807, 2.05) is 0 Å². The lowest BCUT2D eigenvalue weighted by Gasteiger charge is -2.29. The molecule has 1 aromatic carbocycles. The zero-order valence-corrected chi connectivity index (χ0v) is 13.7. The summed E-state index contributed by atoms with van der Waals surface area (Å²) in [5.74, 6) is 0.276. The van der Waals surface area contributed by atoms with E-state index in [2.05, 4.69) is 32.8 Å². The van der Waals surface area contributed by atoms with Crippen molar-refractivity contribution in [3.05, 3.63) is 30.1 Å². The van der Waals surface area contributed by atoms with Crippen molar-refractivity contribution in [1.82, 2.24) is 30.4 Å². The van der Waals surface area contributed by atoms with Crippen molar-refractivity contribution in [3.63, 3.8) is 0 Å². The number of aromatic nitrogens is 4. The fourth-order valence-electron chi connectivity index (χ4n) is 3.12. The molecule has 2 N–H and O–H groups in total. The van der Waals surface area contributed by atoms with E-state index in [0.29, 0.717) is 18.2 Å². The molecule has 24 heavy (non-hydrogen) atoms. The van der Waals surface area contributed by atoms with E-state index in [4.69, 9.17) is 0 Å². The number of carbonyl (C=O) groups is 1. The number of piperidine rings is 1. The van der Waals surface area contributed by atoms with Gasteiger partial charge in [-0.25, -0.2) is 4.68 Å². The van der Waals surface area contributed by atoms with Gasteiger partial charge in [-0.15, -0.1) is 5.10 Å². The van der Waals surface area contributed by atoms with E-state index < -0.39 is 0 Å². The molecule has 3 rings (SSSR count). The predicted octanol–water partition coefficient (Wildman–Crippen LogP) is 0.830. The fourth-order valence-corrected chi connectivity index (χ4v) is 3.12. The second kappa shape index (κ2) is 7.39. The minimum Gasteiger partial charge on any atom is -0.507 e. The van der Waals surface area contributed by atoms with E-state index in [9.17, 15) is 9.90 Å². The van der Waals surface area contributed by atoms with E-state index >= 15 is 0 Å². The van der Waals surface area contributed by atoms with Crippen LogP contribution < -0.4 is 5.32 Å². The molecule has 0 spiro atoms. The fraction of sp³-hybridized carbons (Fsp3) is 0.500. The predicted molar refractivity (Wildman–Crippen MR) is 88.0 cm³/mol. The van der Waals surface area contributed by atoms with Gasteiger partial charge in [0.25, 0.3) is 5.91 Å². The Labute approximate surface area is 140 Å². The maximum absolute atomic E-state index is 12.4. The first-order chi connectivity index (χ1) is 11.6. The van der Waals surface area contributed by atoms with E-state index in [1.165, 1.54) is 29.9 Å². The monoisotopic (exact) mass is 330 g/mol. The summed E-state index contributed by atoms with van der Waals surface area (Å²) in [6.07, 6.45) is 4.81. The summed E-state index contributed by atoms with van der Waals surface area (Å²) in [7, 11) is 2.13. The molecule has 1 saturated heterocycles. The quantitative estimate of drug-likeness (QED) is 0.843. The van der Waals surface area contributed by atoms with Crippen LogP contribution in [0.2, 0.25) is 0 Å². The molecule has 8 nitrogen and oxygen atoms in total. The van der Waals surface area contributed by atoms with Crippen LogP contribution in [-0.2, 0) is 0 Å². The number of benzene rings is 1. The smallest absolute Gasteiger partial charge is 0.255 e. The zero-order valence-electron chi connectivity index (χ0n) is 13.7. The molecule has 1 atom stereocenters. The Kier molecular flexibility index (Phi) is 5.05. The highest BCUT2D eigenvalue weighted by Crippen LogP contribution is 2.21. The number of phenolic OH excluding ortho intramolecular Hbond substituents is 1. The minimum atomic E-state index is -0.286. The van der Waals surface area contributed by atoms with Gasteiger partial charge in [-0.1, -0.05) is 0 Å². The molecule has 8 heteroatoms. The van der Waals surface area contributed by atoms with Crippen molar-refractivity contribution < 1.29 is 9.90 Å². The lowest BCUT2D eigenvalue weighted by atomic mass is 9.95. The normalized spacial score (nSPS) is 18.5. The van der Waals surface area contributed by atoms with Crippen molar-refractivity contribution in [2.24, 2.45) is 5.92 Å². The average molecular weight is 330 g/mol. The number of carbonyl (C=O) groups excluding carboxylic acids is 1. The largest absolute Gasteiger partial charge is 0.507 e. The number of likely N-dealkylation sites (tertiary alicyclic amines) is 1. The third-order valence-corrected chi connectivity index (χ3v) is 4.40. The van der Waals surface area contributed by atoms with Crippen LogP contribution in [0.3, 0.4) is 0 Å². The van der Waals surface area contributed by atoms with Gasteiger partial charge in [-0.3, -0.25) is 4.79 Å². The highest BCUT2D eigenvalue weighted by Gasteiger charge is 2.18. The number of tetrazole rings is 1. The Balaban J connectivity index is 1.59. The van der Waals surface area contributed by atoms with E-state index in [-0.39, 0.29) is 17.2 Å². The van der Waals surface area contributed by atoms with Crippen LogP contribution >= 0.6 is 0 Å². The van der Waals surface area contributed by atoms with Gasteiger partial charge in [0.2, 0.25) is 0 Å². The molecular weight excluding hydrogens is 308 g/mol. The molecule has 1 amide bonds. The summed E-state index contributed by atoms with van der Waals surface area (Å²) in [5, 5.41) is 23.8. The SMILES string of the molecule is CN1CCC[C@@H](CCNC(=O)c2cc(-n3cnnn3)ccc2O)C1. The van der Waals surface area contributed by atoms with Gasteiger partial charge in [-0.05, 0) is 67.4 Å². The Morgan fingerprint density at radius 3 is 3.08 bits per heavy atom. The number of rotatable bonds is 5. The topological polar surface area (TPSA) is 96.2 Å². The number of phenols is 1. The first kappa shape index (κ1) is 16.4. The van der Waals surface area contributed by atoms with Gasteiger partial charge >= 0.3 is 0 Å². The summed E-state index contributed by atoms with van der Waals surface area (Å²) in [4.78, 5) is 14.7. The van der Waals surface area contributed by atoms with Crippen molar-refractivity contribution in [1.29, 1.82) is 0 Å². The number of hydrogen-bond acceptors (Lipinski definition) is 6. The Bertz CT molecular complexity index is 688. The molecule has 0 saturated carbocycles. The van der Waals surface area contributed by atoms with Crippen LogP contribution in [0.1, 0.15) is 29.6 Å². The molecule has 0 radical (unpaired) electrons. The second-order valence-electron chi connectivity index (χ2n) is 6.27. The maximum atomic E-state index is 12.4. The van der Waals surface area contributed by atoms with Crippen LogP contribution in [-0.4, -0.2) is 62.8 Å². The second-order valence-corrected chi connectivity index (χ2v) is 6.27. The van der Waals surface area contributed by atoms with Gasteiger partial charge in [0.15, 0.2) is 0 Å². The van der Waals surface area contributed by atoms with Crippen molar-refractivity contribution in [2.75, 3.05) is 26.7 Å². The molecule has 2 heterocycles. The first-order valence-electron chi connectivity index (χ1n) is 8.16. The van der Waals surface area contributed by atoms with Crippen molar-refractivity contribution >= 4 is 5.91 Å². The molecule has 1 aliphatic rings. The highest BCUT2D eigenvalue weighted by atomic mass is 16.3. The number of hydrogen-bond donors (Lipinski definition) is 2. The summed E-state index contributed by atoms with van der Waals surface area (Å²) >= 11 is 0. The van der Waals surface area contributed by atoms with Crippen molar-refractivity contribution in [3.8, 4) is 11.4 Å². The number of nitrogens with zero attached hydrogens (tertiary/aromatic N) is 5. The number of amides is 1. The average Bonchev–Trinajstić information content (AvgIpc) is 3.10. The molecule has 1 aromatic heterocycles. The Hall–Kier alpha value is -2.48.